The van der Waals surface area contributed by atoms with Crippen molar-refractivity contribution in [2.45, 2.75) is 25.9 Å². The van der Waals surface area contributed by atoms with Crippen LogP contribution in [-0.4, -0.2) is 33.7 Å². The van der Waals surface area contributed by atoms with Crippen LogP contribution in [0.15, 0.2) is 24.3 Å². The molecule has 0 atom stereocenters. The highest BCUT2D eigenvalue weighted by atomic mass is 32.2. The van der Waals surface area contributed by atoms with Crippen LogP contribution in [-0.2, 0) is 21.0 Å². The zero-order valence-electron chi connectivity index (χ0n) is 12.9. The lowest BCUT2D eigenvalue weighted by Crippen LogP contribution is -2.38. The number of rotatable bonds is 7. The van der Waals surface area contributed by atoms with E-state index < -0.39 is 21.8 Å². The van der Waals surface area contributed by atoms with Gasteiger partial charge in [0.15, 0.2) is 0 Å². The fourth-order valence-electron chi connectivity index (χ4n) is 1.94. The quantitative estimate of drug-likeness (QED) is 0.819. The minimum absolute atomic E-state index is 0.0160. The van der Waals surface area contributed by atoms with Crippen LogP contribution >= 0.6 is 0 Å². The molecule has 5 nitrogen and oxygen atoms in total. The second kappa shape index (κ2) is 7.67. The molecule has 0 unspecified atom stereocenters. The van der Waals surface area contributed by atoms with Gasteiger partial charge in [0.25, 0.3) is 0 Å². The number of sulfonamides is 1. The molecule has 1 aromatic rings. The van der Waals surface area contributed by atoms with Crippen molar-refractivity contribution in [3.8, 4) is 0 Å². The summed E-state index contributed by atoms with van der Waals surface area (Å²) < 4.78 is 62.7. The molecule has 0 aliphatic carbocycles. The van der Waals surface area contributed by atoms with Crippen molar-refractivity contribution in [2.24, 2.45) is 0 Å². The van der Waals surface area contributed by atoms with Crippen LogP contribution in [0.2, 0.25) is 0 Å². The first-order valence-electron chi connectivity index (χ1n) is 6.97. The molecular formula is C14H19F3N2O3S. The number of amides is 1. The van der Waals surface area contributed by atoms with Crippen LogP contribution in [0.25, 0.3) is 0 Å². The monoisotopic (exact) mass is 352 g/mol. The molecule has 0 aliphatic heterocycles. The van der Waals surface area contributed by atoms with Crippen LogP contribution in [0.1, 0.15) is 25.3 Å². The van der Waals surface area contributed by atoms with E-state index in [1.807, 2.05) is 6.92 Å². The minimum atomic E-state index is -4.56. The number of alkyl halides is 3. The Morgan fingerprint density at radius 3 is 2.48 bits per heavy atom. The molecule has 1 rings (SSSR count). The van der Waals surface area contributed by atoms with Gasteiger partial charge in [-0.2, -0.15) is 13.2 Å². The smallest absolute Gasteiger partial charge is 0.354 e. The van der Waals surface area contributed by atoms with E-state index in [4.69, 9.17) is 0 Å². The third kappa shape index (κ3) is 6.09. The maximum Gasteiger partial charge on any atom is 0.416 e. The molecule has 0 aliphatic rings. The Labute approximate surface area is 133 Å². The average molecular weight is 352 g/mol. The Bertz CT molecular complexity index is 645. The van der Waals surface area contributed by atoms with Crippen LogP contribution < -0.4 is 9.62 Å². The predicted molar refractivity (Wildman–Crippen MR) is 81.6 cm³/mol. The molecule has 1 amide bonds. The highest BCUT2D eigenvalue weighted by molar-refractivity contribution is 7.92. The van der Waals surface area contributed by atoms with Crippen LogP contribution in [0.5, 0.6) is 0 Å². The summed E-state index contributed by atoms with van der Waals surface area (Å²) in [5.74, 6) is -0.231. The van der Waals surface area contributed by atoms with E-state index in [9.17, 15) is 26.4 Å². The van der Waals surface area contributed by atoms with Crippen molar-refractivity contribution >= 4 is 21.6 Å². The normalized spacial score (nSPS) is 12.0. The van der Waals surface area contributed by atoms with Crippen molar-refractivity contribution in [3.63, 3.8) is 0 Å². The van der Waals surface area contributed by atoms with Gasteiger partial charge in [0.2, 0.25) is 15.9 Å². The predicted octanol–water partition coefficient (Wildman–Crippen LogP) is 2.39. The van der Waals surface area contributed by atoms with Crippen molar-refractivity contribution in [1.29, 1.82) is 0 Å². The summed E-state index contributed by atoms with van der Waals surface area (Å²) in [6.45, 7) is 1.70. The van der Waals surface area contributed by atoms with Gasteiger partial charge in [-0.1, -0.05) is 13.0 Å². The largest absolute Gasteiger partial charge is 0.416 e. The lowest BCUT2D eigenvalue weighted by Gasteiger charge is -2.23. The molecule has 0 spiro atoms. The average Bonchev–Trinajstić information content (AvgIpc) is 2.42. The van der Waals surface area contributed by atoms with Gasteiger partial charge in [-0.25, -0.2) is 8.42 Å². The van der Waals surface area contributed by atoms with Gasteiger partial charge in [0, 0.05) is 13.0 Å². The number of nitrogens with one attached hydrogen (secondary N) is 1. The zero-order chi connectivity index (χ0) is 17.7. The fourth-order valence-corrected chi connectivity index (χ4v) is 2.86. The Balaban J connectivity index is 2.94. The first-order chi connectivity index (χ1) is 10.6. The molecule has 0 saturated carbocycles. The molecular weight excluding hydrogens is 333 g/mol. The topological polar surface area (TPSA) is 66.5 Å². The van der Waals surface area contributed by atoms with E-state index in [1.165, 1.54) is 6.07 Å². The van der Waals surface area contributed by atoms with E-state index >= 15 is 0 Å². The summed E-state index contributed by atoms with van der Waals surface area (Å²) in [6, 6.07) is 4.07. The summed E-state index contributed by atoms with van der Waals surface area (Å²) in [5.41, 5.74) is -1.02. The van der Waals surface area contributed by atoms with E-state index in [2.05, 4.69) is 5.32 Å². The first-order valence-corrected chi connectivity index (χ1v) is 8.82. The van der Waals surface area contributed by atoms with E-state index in [-0.39, 0.29) is 24.7 Å². The van der Waals surface area contributed by atoms with Gasteiger partial charge >= 0.3 is 6.18 Å². The van der Waals surface area contributed by atoms with Crippen molar-refractivity contribution < 1.29 is 26.4 Å². The van der Waals surface area contributed by atoms with Crippen molar-refractivity contribution in [1.82, 2.24) is 5.32 Å². The molecule has 0 fully saturated rings. The molecule has 0 radical (unpaired) electrons. The lowest BCUT2D eigenvalue weighted by molar-refractivity contribution is -0.137. The number of carbonyl (C=O) groups is 1. The number of halogens is 3. The van der Waals surface area contributed by atoms with Gasteiger partial charge in [-0.15, -0.1) is 0 Å². The van der Waals surface area contributed by atoms with Gasteiger partial charge in [-0.3, -0.25) is 9.10 Å². The highest BCUT2D eigenvalue weighted by Gasteiger charge is 2.31. The van der Waals surface area contributed by atoms with E-state index in [0.29, 0.717) is 12.8 Å². The maximum absolute atomic E-state index is 12.7. The number of carbonyl (C=O) groups excluding carboxylic acids is 1. The summed E-state index contributed by atoms with van der Waals surface area (Å²) in [7, 11) is -3.78. The van der Waals surface area contributed by atoms with Gasteiger partial charge in [0.1, 0.15) is 0 Å². The molecule has 9 heteroatoms. The molecule has 1 aromatic carbocycles. The zero-order valence-corrected chi connectivity index (χ0v) is 13.7. The Hall–Kier alpha value is -1.77. The van der Waals surface area contributed by atoms with Crippen LogP contribution in [0.4, 0.5) is 18.9 Å². The molecule has 23 heavy (non-hydrogen) atoms. The Morgan fingerprint density at radius 1 is 1.30 bits per heavy atom. The van der Waals surface area contributed by atoms with Gasteiger partial charge in [-0.05, 0) is 24.6 Å². The third-order valence-corrected chi connectivity index (χ3v) is 4.17. The van der Waals surface area contributed by atoms with Crippen LogP contribution in [0.3, 0.4) is 0 Å². The Morgan fingerprint density at radius 2 is 1.96 bits per heavy atom. The molecule has 130 valence electrons. The van der Waals surface area contributed by atoms with Gasteiger partial charge < -0.3 is 5.32 Å². The van der Waals surface area contributed by atoms with Crippen molar-refractivity contribution in [3.05, 3.63) is 29.8 Å². The summed E-state index contributed by atoms with van der Waals surface area (Å²) in [5, 5.41) is 2.53. The van der Waals surface area contributed by atoms with Crippen molar-refractivity contribution in [2.75, 3.05) is 23.7 Å². The number of benzene rings is 1. The fraction of sp³-hybridized carbons (Fsp3) is 0.500. The summed E-state index contributed by atoms with van der Waals surface area (Å²) >= 11 is 0. The molecule has 0 saturated heterocycles. The standard InChI is InChI=1S/C14H19F3N2O3S/c1-3-5-13(20)18-8-9-19(23(2,21)22)12-7-4-6-11(10-12)14(15,16)17/h4,6-7,10H,3,5,8-9H2,1-2H3,(H,18,20). The third-order valence-electron chi connectivity index (χ3n) is 2.98. The molecule has 0 heterocycles. The van der Waals surface area contributed by atoms with E-state index in [0.717, 1.165) is 28.8 Å². The van der Waals surface area contributed by atoms with E-state index in [1.54, 1.807) is 0 Å². The molecule has 0 bridgehead atoms. The molecule has 0 aromatic heterocycles. The number of nitrogens with zero attached hydrogens (tertiary/aromatic N) is 1. The highest BCUT2D eigenvalue weighted by Crippen LogP contribution is 2.32. The maximum atomic E-state index is 12.7. The summed E-state index contributed by atoms with van der Waals surface area (Å²) in [6.07, 6.45) is -2.70. The lowest BCUT2D eigenvalue weighted by atomic mass is 10.2. The SMILES string of the molecule is CCCC(=O)NCCN(c1cccc(C(F)(F)F)c1)S(C)(=O)=O. The molecule has 1 N–H and O–H groups in total. The second-order valence-corrected chi connectivity index (χ2v) is 6.89. The number of anilines is 1. The number of hydrogen-bond donors (Lipinski definition) is 1. The number of hydrogen-bond acceptors (Lipinski definition) is 3. The second-order valence-electron chi connectivity index (χ2n) is 4.98. The van der Waals surface area contributed by atoms with Gasteiger partial charge in [0.05, 0.1) is 24.1 Å². The minimum Gasteiger partial charge on any atom is -0.354 e. The Kier molecular flexibility index (Phi) is 6.43. The van der Waals surface area contributed by atoms with Crippen LogP contribution in [0, 0.1) is 0 Å². The summed E-state index contributed by atoms with van der Waals surface area (Å²) in [4.78, 5) is 11.4. The first kappa shape index (κ1) is 19.3.